The van der Waals surface area contributed by atoms with Gasteiger partial charge in [-0.1, -0.05) is 37.1 Å². The zero-order valence-corrected chi connectivity index (χ0v) is 15.0. The molecule has 1 N–H and O–H groups in total. The summed E-state index contributed by atoms with van der Waals surface area (Å²) in [6.45, 7) is 3.73. The van der Waals surface area contributed by atoms with E-state index in [1.165, 1.54) is 0 Å². The molecule has 0 spiro atoms. The molecule has 1 heterocycles. The number of nitrogens with one attached hydrogen (secondary N) is 1. The van der Waals surface area contributed by atoms with Crippen molar-refractivity contribution in [3.8, 4) is 0 Å². The molecule has 2 rings (SSSR count). The zero-order valence-electron chi connectivity index (χ0n) is 14.3. The van der Waals surface area contributed by atoms with Crippen molar-refractivity contribution in [1.29, 1.82) is 0 Å². The van der Waals surface area contributed by atoms with Gasteiger partial charge in [-0.2, -0.15) is 0 Å². The largest absolute Gasteiger partial charge is 0.373 e. The molecule has 0 aliphatic heterocycles. The molecule has 0 bridgehead atoms. The predicted octanol–water partition coefficient (Wildman–Crippen LogP) is 3.94. The van der Waals surface area contributed by atoms with Crippen LogP contribution in [0.2, 0.25) is 5.02 Å². The summed E-state index contributed by atoms with van der Waals surface area (Å²) >= 11 is 5.86. The van der Waals surface area contributed by atoms with E-state index in [0.717, 1.165) is 42.1 Å². The second kappa shape index (κ2) is 9.28. The number of rotatable bonds is 8. The minimum atomic E-state index is -0.147. The highest BCUT2D eigenvalue weighted by Crippen LogP contribution is 2.12. The molecule has 1 aromatic heterocycles. The average Bonchev–Trinajstić information content (AvgIpc) is 2.61. The van der Waals surface area contributed by atoms with Gasteiger partial charge in [0.1, 0.15) is 5.69 Å². The van der Waals surface area contributed by atoms with Crippen molar-refractivity contribution in [2.75, 3.05) is 25.0 Å². The molecule has 2 aromatic rings. The Labute approximate surface area is 148 Å². The molecule has 0 saturated heterocycles. The molecule has 1 amide bonds. The number of pyridine rings is 1. The number of halogens is 1. The van der Waals surface area contributed by atoms with Crippen LogP contribution in [0.15, 0.2) is 42.6 Å². The van der Waals surface area contributed by atoms with Crippen LogP contribution in [0.1, 0.15) is 35.8 Å². The molecule has 24 heavy (non-hydrogen) atoms. The minimum absolute atomic E-state index is 0.147. The van der Waals surface area contributed by atoms with Gasteiger partial charge in [0.05, 0.1) is 11.9 Å². The van der Waals surface area contributed by atoms with Crippen molar-refractivity contribution < 1.29 is 4.79 Å². The fraction of sp³-hybridized carbons (Fsp3) is 0.368. The minimum Gasteiger partial charge on any atom is -0.373 e. The van der Waals surface area contributed by atoms with Crippen LogP contribution < -0.4 is 10.2 Å². The molecule has 0 saturated carbocycles. The van der Waals surface area contributed by atoms with Gasteiger partial charge in [0.15, 0.2) is 0 Å². The first-order valence-corrected chi connectivity index (χ1v) is 8.67. The van der Waals surface area contributed by atoms with E-state index in [0.29, 0.717) is 12.2 Å². The smallest absolute Gasteiger partial charge is 0.269 e. The van der Waals surface area contributed by atoms with Crippen molar-refractivity contribution in [2.24, 2.45) is 0 Å². The molecule has 4 nitrogen and oxygen atoms in total. The third-order valence-corrected chi connectivity index (χ3v) is 4.13. The normalized spacial score (nSPS) is 10.5. The van der Waals surface area contributed by atoms with Gasteiger partial charge in [0.25, 0.3) is 5.91 Å². The van der Waals surface area contributed by atoms with Crippen LogP contribution in [0.5, 0.6) is 0 Å². The summed E-state index contributed by atoms with van der Waals surface area (Å²) in [7, 11) is 2.04. The van der Waals surface area contributed by atoms with Crippen LogP contribution in [-0.4, -0.2) is 31.0 Å². The number of carbonyl (C=O) groups is 1. The van der Waals surface area contributed by atoms with Crippen molar-refractivity contribution in [3.63, 3.8) is 0 Å². The lowest BCUT2D eigenvalue weighted by Gasteiger charge is -2.18. The van der Waals surface area contributed by atoms with E-state index in [-0.39, 0.29) is 5.91 Å². The van der Waals surface area contributed by atoms with Gasteiger partial charge in [-0.05, 0) is 42.7 Å². The standard InChI is InChI=1S/C19H24ClN3O/c1-3-4-13-23(2)17-9-10-18(22-14-17)19(24)21-12-11-15-5-7-16(20)8-6-15/h5-10,14H,3-4,11-13H2,1-2H3,(H,21,24). The van der Waals surface area contributed by atoms with Crippen LogP contribution in [-0.2, 0) is 6.42 Å². The second-order valence-electron chi connectivity index (χ2n) is 5.81. The van der Waals surface area contributed by atoms with E-state index in [9.17, 15) is 4.79 Å². The van der Waals surface area contributed by atoms with E-state index in [2.05, 4.69) is 22.1 Å². The maximum absolute atomic E-state index is 12.1. The Bertz CT molecular complexity index is 641. The first-order chi connectivity index (χ1) is 11.6. The van der Waals surface area contributed by atoms with Gasteiger partial charge in [-0.25, -0.2) is 4.98 Å². The van der Waals surface area contributed by atoms with Gasteiger partial charge in [0.2, 0.25) is 0 Å². The van der Waals surface area contributed by atoms with E-state index >= 15 is 0 Å². The summed E-state index contributed by atoms with van der Waals surface area (Å²) in [6, 6.07) is 11.4. The molecule has 1 aromatic carbocycles. The van der Waals surface area contributed by atoms with Crippen molar-refractivity contribution in [2.45, 2.75) is 26.2 Å². The average molecular weight is 346 g/mol. The number of benzene rings is 1. The van der Waals surface area contributed by atoms with Gasteiger partial charge >= 0.3 is 0 Å². The highest BCUT2D eigenvalue weighted by Gasteiger charge is 2.08. The molecule has 0 aliphatic carbocycles. The third kappa shape index (κ3) is 5.53. The number of amides is 1. The Morgan fingerprint density at radius 1 is 1.21 bits per heavy atom. The number of aromatic nitrogens is 1. The maximum atomic E-state index is 12.1. The Hall–Kier alpha value is -2.07. The molecule has 0 radical (unpaired) electrons. The van der Waals surface area contributed by atoms with Crippen LogP contribution in [0, 0.1) is 0 Å². The summed E-state index contributed by atoms with van der Waals surface area (Å²) in [4.78, 5) is 18.6. The van der Waals surface area contributed by atoms with Crippen molar-refractivity contribution in [1.82, 2.24) is 10.3 Å². The SMILES string of the molecule is CCCCN(C)c1ccc(C(=O)NCCc2ccc(Cl)cc2)nc1. The summed E-state index contributed by atoms with van der Waals surface area (Å²) < 4.78 is 0. The fourth-order valence-corrected chi connectivity index (χ4v) is 2.46. The fourth-order valence-electron chi connectivity index (χ4n) is 2.33. The van der Waals surface area contributed by atoms with Crippen molar-refractivity contribution in [3.05, 3.63) is 58.9 Å². The quantitative estimate of drug-likeness (QED) is 0.788. The van der Waals surface area contributed by atoms with Crippen LogP contribution in [0.25, 0.3) is 0 Å². The van der Waals surface area contributed by atoms with E-state index in [4.69, 9.17) is 11.6 Å². The molecule has 128 valence electrons. The Morgan fingerprint density at radius 2 is 1.96 bits per heavy atom. The van der Waals surface area contributed by atoms with Crippen LogP contribution >= 0.6 is 11.6 Å². The van der Waals surface area contributed by atoms with Gasteiger partial charge in [-0.3, -0.25) is 4.79 Å². The van der Waals surface area contributed by atoms with Gasteiger partial charge in [-0.15, -0.1) is 0 Å². The van der Waals surface area contributed by atoms with Crippen molar-refractivity contribution >= 4 is 23.2 Å². The Kier molecular flexibility index (Phi) is 7.07. The lowest BCUT2D eigenvalue weighted by molar-refractivity contribution is 0.0949. The number of anilines is 1. The molecule has 0 atom stereocenters. The second-order valence-corrected chi connectivity index (χ2v) is 6.25. The van der Waals surface area contributed by atoms with E-state index in [1.54, 1.807) is 12.3 Å². The van der Waals surface area contributed by atoms with Crippen LogP contribution in [0.3, 0.4) is 0 Å². The monoisotopic (exact) mass is 345 g/mol. The molecule has 0 unspecified atom stereocenters. The molecular formula is C19H24ClN3O. The Balaban J connectivity index is 1.82. The first-order valence-electron chi connectivity index (χ1n) is 8.30. The number of carbonyl (C=O) groups excluding carboxylic acids is 1. The summed E-state index contributed by atoms with van der Waals surface area (Å²) in [5.74, 6) is -0.147. The highest BCUT2D eigenvalue weighted by atomic mass is 35.5. The molecular weight excluding hydrogens is 322 g/mol. The number of nitrogens with zero attached hydrogens (tertiary/aromatic N) is 2. The van der Waals surface area contributed by atoms with Gasteiger partial charge in [0, 0.05) is 25.2 Å². The maximum Gasteiger partial charge on any atom is 0.269 e. The topological polar surface area (TPSA) is 45.2 Å². The first kappa shape index (κ1) is 18.3. The molecule has 0 aliphatic rings. The molecule has 5 heteroatoms. The number of hydrogen-bond acceptors (Lipinski definition) is 3. The zero-order chi connectivity index (χ0) is 17.4. The highest BCUT2D eigenvalue weighted by molar-refractivity contribution is 6.30. The Morgan fingerprint density at radius 3 is 2.58 bits per heavy atom. The van der Waals surface area contributed by atoms with Gasteiger partial charge < -0.3 is 10.2 Å². The van der Waals surface area contributed by atoms with Crippen LogP contribution in [0.4, 0.5) is 5.69 Å². The number of unbranched alkanes of at least 4 members (excludes halogenated alkanes) is 1. The summed E-state index contributed by atoms with van der Waals surface area (Å²) in [5.41, 5.74) is 2.61. The summed E-state index contributed by atoms with van der Waals surface area (Å²) in [5, 5.41) is 3.62. The lowest BCUT2D eigenvalue weighted by atomic mass is 10.1. The van der Waals surface area contributed by atoms with E-state index < -0.39 is 0 Å². The number of hydrogen-bond donors (Lipinski definition) is 1. The predicted molar refractivity (Wildman–Crippen MR) is 99.9 cm³/mol. The van der Waals surface area contributed by atoms with E-state index in [1.807, 2.05) is 37.4 Å². The summed E-state index contributed by atoms with van der Waals surface area (Å²) in [6.07, 6.45) is 4.82. The third-order valence-electron chi connectivity index (χ3n) is 3.88. The molecule has 0 fully saturated rings. The lowest BCUT2D eigenvalue weighted by Crippen LogP contribution is -2.26.